The molecule has 1 aromatic carbocycles. The van der Waals surface area contributed by atoms with E-state index in [1.807, 2.05) is 6.92 Å². The summed E-state index contributed by atoms with van der Waals surface area (Å²) in [6, 6.07) is 4.47. The fourth-order valence-electron chi connectivity index (χ4n) is 1.94. The van der Waals surface area contributed by atoms with Crippen LogP contribution in [0.2, 0.25) is 0 Å². The monoisotopic (exact) mass is 239 g/mol. The van der Waals surface area contributed by atoms with E-state index in [2.05, 4.69) is 0 Å². The molecule has 0 spiro atoms. The molecule has 0 saturated carbocycles. The van der Waals surface area contributed by atoms with Crippen molar-refractivity contribution in [2.45, 2.75) is 19.4 Å². The number of nitrogens with two attached hydrogens (primary N) is 1. The first-order chi connectivity index (χ1) is 8.16. The molecule has 1 aliphatic heterocycles. The van der Waals surface area contributed by atoms with Crippen LogP contribution < -0.4 is 10.5 Å². The zero-order valence-electron chi connectivity index (χ0n) is 9.99. The highest BCUT2D eigenvalue weighted by Crippen LogP contribution is 2.21. The number of aryl methyl sites for hydroxylation is 1. The van der Waals surface area contributed by atoms with Crippen LogP contribution in [0.15, 0.2) is 18.2 Å². The number of benzene rings is 1. The lowest BCUT2D eigenvalue weighted by molar-refractivity contribution is 0.169. The molecule has 0 aromatic heterocycles. The SMILES string of the molecule is Cc1ccc(F)cc1OCC(N)C1CCOC1. The van der Waals surface area contributed by atoms with Crippen molar-refractivity contribution >= 4 is 0 Å². The molecule has 0 amide bonds. The summed E-state index contributed by atoms with van der Waals surface area (Å²) >= 11 is 0. The van der Waals surface area contributed by atoms with Crippen molar-refractivity contribution in [1.82, 2.24) is 0 Å². The van der Waals surface area contributed by atoms with Gasteiger partial charge in [-0.1, -0.05) is 6.07 Å². The van der Waals surface area contributed by atoms with Crippen LogP contribution in [0.25, 0.3) is 0 Å². The molecular weight excluding hydrogens is 221 g/mol. The molecule has 1 saturated heterocycles. The summed E-state index contributed by atoms with van der Waals surface area (Å²) in [5.74, 6) is 0.631. The highest BCUT2D eigenvalue weighted by molar-refractivity contribution is 5.32. The van der Waals surface area contributed by atoms with E-state index < -0.39 is 0 Å². The molecular formula is C13H18FNO2. The molecule has 1 aliphatic rings. The van der Waals surface area contributed by atoms with Crippen molar-refractivity contribution in [2.24, 2.45) is 11.7 Å². The Hall–Kier alpha value is -1.13. The van der Waals surface area contributed by atoms with Gasteiger partial charge in [0.25, 0.3) is 0 Å². The van der Waals surface area contributed by atoms with Crippen LogP contribution in [0.1, 0.15) is 12.0 Å². The minimum Gasteiger partial charge on any atom is -0.492 e. The van der Waals surface area contributed by atoms with Crippen LogP contribution in [-0.2, 0) is 4.74 Å². The highest BCUT2D eigenvalue weighted by Gasteiger charge is 2.23. The fourth-order valence-corrected chi connectivity index (χ4v) is 1.94. The Morgan fingerprint density at radius 3 is 3.12 bits per heavy atom. The summed E-state index contributed by atoms with van der Waals surface area (Å²) in [5, 5.41) is 0. The Balaban J connectivity index is 1.90. The summed E-state index contributed by atoms with van der Waals surface area (Å²) in [6.07, 6.45) is 0.979. The van der Waals surface area contributed by atoms with Gasteiger partial charge in [-0.25, -0.2) is 4.39 Å². The molecule has 2 unspecified atom stereocenters. The first-order valence-electron chi connectivity index (χ1n) is 5.89. The summed E-state index contributed by atoms with van der Waals surface area (Å²) < 4.78 is 23.9. The van der Waals surface area contributed by atoms with Gasteiger partial charge in [0.2, 0.25) is 0 Å². The molecule has 17 heavy (non-hydrogen) atoms. The van der Waals surface area contributed by atoms with Crippen LogP contribution >= 0.6 is 0 Å². The van der Waals surface area contributed by atoms with Gasteiger partial charge in [0, 0.05) is 24.6 Å². The Kier molecular flexibility index (Phi) is 3.97. The van der Waals surface area contributed by atoms with Gasteiger partial charge in [0.05, 0.1) is 6.61 Å². The van der Waals surface area contributed by atoms with E-state index in [1.165, 1.54) is 12.1 Å². The fraction of sp³-hybridized carbons (Fsp3) is 0.538. The van der Waals surface area contributed by atoms with Gasteiger partial charge in [-0.15, -0.1) is 0 Å². The van der Waals surface area contributed by atoms with Crippen molar-refractivity contribution < 1.29 is 13.9 Å². The van der Waals surface area contributed by atoms with E-state index in [9.17, 15) is 4.39 Å². The Morgan fingerprint density at radius 2 is 2.41 bits per heavy atom. The standard InChI is InChI=1S/C13H18FNO2/c1-9-2-3-11(14)6-13(9)17-8-12(15)10-4-5-16-7-10/h2-3,6,10,12H,4-5,7-8,15H2,1H3. The van der Waals surface area contributed by atoms with Crippen LogP contribution in [-0.4, -0.2) is 25.9 Å². The Morgan fingerprint density at radius 1 is 1.59 bits per heavy atom. The molecule has 2 N–H and O–H groups in total. The lowest BCUT2D eigenvalue weighted by Crippen LogP contribution is -2.36. The quantitative estimate of drug-likeness (QED) is 0.872. The van der Waals surface area contributed by atoms with Crippen molar-refractivity contribution in [3.63, 3.8) is 0 Å². The van der Waals surface area contributed by atoms with Crippen LogP contribution in [0.5, 0.6) is 5.75 Å². The zero-order chi connectivity index (χ0) is 12.3. The van der Waals surface area contributed by atoms with E-state index in [1.54, 1.807) is 6.07 Å². The molecule has 1 fully saturated rings. The number of ether oxygens (including phenoxy) is 2. The van der Waals surface area contributed by atoms with Gasteiger partial charge in [-0.2, -0.15) is 0 Å². The van der Waals surface area contributed by atoms with E-state index in [4.69, 9.17) is 15.2 Å². The van der Waals surface area contributed by atoms with Gasteiger partial charge < -0.3 is 15.2 Å². The molecule has 0 radical (unpaired) electrons. The third-order valence-electron chi connectivity index (χ3n) is 3.15. The predicted octanol–water partition coefficient (Wildman–Crippen LogP) is 1.88. The topological polar surface area (TPSA) is 44.5 Å². The van der Waals surface area contributed by atoms with E-state index >= 15 is 0 Å². The number of rotatable bonds is 4. The van der Waals surface area contributed by atoms with Gasteiger partial charge in [0.15, 0.2) is 0 Å². The summed E-state index contributed by atoms with van der Waals surface area (Å²) in [4.78, 5) is 0. The van der Waals surface area contributed by atoms with E-state index in [0.717, 1.165) is 18.6 Å². The summed E-state index contributed by atoms with van der Waals surface area (Å²) in [5.41, 5.74) is 6.93. The van der Waals surface area contributed by atoms with E-state index in [-0.39, 0.29) is 11.9 Å². The second kappa shape index (κ2) is 5.47. The molecule has 2 rings (SSSR count). The average molecular weight is 239 g/mol. The zero-order valence-corrected chi connectivity index (χ0v) is 9.99. The second-order valence-corrected chi connectivity index (χ2v) is 4.51. The summed E-state index contributed by atoms with van der Waals surface area (Å²) in [7, 11) is 0. The summed E-state index contributed by atoms with van der Waals surface area (Å²) in [6.45, 7) is 3.77. The Bertz CT molecular complexity index is 378. The van der Waals surface area contributed by atoms with Gasteiger partial charge in [-0.3, -0.25) is 0 Å². The predicted molar refractivity (Wildman–Crippen MR) is 63.5 cm³/mol. The van der Waals surface area contributed by atoms with Crippen molar-refractivity contribution in [3.05, 3.63) is 29.6 Å². The maximum absolute atomic E-state index is 13.0. The molecule has 1 aromatic rings. The molecule has 0 aliphatic carbocycles. The van der Waals surface area contributed by atoms with Crippen molar-refractivity contribution in [2.75, 3.05) is 19.8 Å². The molecule has 0 bridgehead atoms. The molecule has 4 heteroatoms. The van der Waals surface area contributed by atoms with Crippen molar-refractivity contribution in [1.29, 1.82) is 0 Å². The van der Waals surface area contributed by atoms with Crippen LogP contribution in [0.3, 0.4) is 0 Å². The molecule has 1 heterocycles. The lowest BCUT2D eigenvalue weighted by atomic mass is 10.0. The largest absolute Gasteiger partial charge is 0.492 e. The first-order valence-corrected chi connectivity index (χ1v) is 5.89. The number of halogens is 1. The van der Waals surface area contributed by atoms with Crippen molar-refractivity contribution in [3.8, 4) is 5.75 Å². The lowest BCUT2D eigenvalue weighted by Gasteiger charge is -2.18. The Labute approximate surface area is 101 Å². The maximum atomic E-state index is 13.0. The van der Waals surface area contributed by atoms with Gasteiger partial charge >= 0.3 is 0 Å². The molecule has 94 valence electrons. The minimum atomic E-state index is -0.289. The highest BCUT2D eigenvalue weighted by atomic mass is 19.1. The number of hydrogen-bond acceptors (Lipinski definition) is 3. The third-order valence-corrected chi connectivity index (χ3v) is 3.15. The van der Waals surface area contributed by atoms with Crippen LogP contribution in [0.4, 0.5) is 4.39 Å². The maximum Gasteiger partial charge on any atom is 0.126 e. The average Bonchev–Trinajstić information content (AvgIpc) is 2.83. The smallest absolute Gasteiger partial charge is 0.126 e. The first kappa shape index (κ1) is 12.3. The van der Waals surface area contributed by atoms with E-state index in [0.29, 0.717) is 24.9 Å². The normalized spacial score (nSPS) is 21.5. The molecule has 3 nitrogen and oxygen atoms in total. The second-order valence-electron chi connectivity index (χ2n) is 4.51. The number of hydrogen-bond donors (Lipinski definition) is 1. The van der Waals surface area contributed by atoms with Gasteiger partial charge in [0.1, 0.15) is 18.2 Å². The van der Waals surface area contributed by atoms with Gasteiger partial charge in [-0.05, 0) is 25.0 Å². The third kappa shape index (κ3) is 3.17. The minimum absolute atomic E-state index is 0.0554. The van der Waals surface area contributed by atoms with Crippen LogP contribution in [0, 0.1) is 18.7 Å². The molecule has 2 atom stereocenters.